The van der Waals surface area contributed by atoms with Gasteiger partial charge in [-0.15, -0.1) is 11.3 Å². The molecule has 0 spiro atoms. The van der Waals surface area contributed by atoms with Gasteiger partial charge in [-0.25, -0.2) is 0 Å². The van der Waals surface area contributed by atoms with E-state index < -0.39 is 22.6 Å². The molecule has 0 atom stereocenters. The molecule has 1 heterocycles. The van der Waals surface area contributed by atoms with E-state index in [1.54, 1.807) is 0 Å². The quantitative estimate of drug-likeness (QED) is 0.271. The van der Waals surface area contributed by atoms with Crippen LogP contribution in [-0.4, -0.2) is 22.6 Å². The van der Waals surface area contributed by atoms with E-state index in [4.69, 9.17) is 11.6 Å². The average Bonchev–Trinajstić information content (AvgIpc) is 3.19. The van der Waals surface area contributed by atoms with Crippen LogP contribution in [0.1, 0.15) is 30.4 Å². The fourth-order valence-corrected chi connectivity index (χ4v) is 4.46. The number of amides is 3. The number of carbonyl (C=O) groups excluding carboxylic acids is 3. The summed E-state index contributed by atoms with van der Waals surface area (Å²) in [6.07, 6.45) is 0. The highest BCUT2D eigenvalue weighted by Crippen LogP contribution is 2.34. The number of fused-ring (bicyclic) bond motifs is 1. The van der Waals surface area contributed by atoms with E-state index in [0.29, 0.717) is 10.7 Å². The molecule has 4 rings (SSSR count). The number of benzene rings is 3. The summed E-state index contributed by atoms with van der Waals surface area (Å²) in [7, 11) is 0. The number of anilines is 1. The van der Waals surface area contributed by atoms with Crippen molar-refractivity contribution in [1.29, 1.82) is 0 Å². The van der Waals surface area contributed by atoms with Gasteiger partial charge in [0.05, 0.1) is 9.95 Å². The van der Waals surface area contributed by atoms with Crippen LogP contribution < -0.4 is 16.2 Å². The maximum absolute atomic E-state index is 12.5. The Morgan fingerprint density at radius 3 is 2.03 bits per heavy atom. The van der Waals surface area contributed by atoms with E-state index in [1.165, 1.54) is 59.9 Å². The van der Waals surface area contributed by atoms with Crippen molar-refractivity contribution in [1.82, 2.24) is 10.9 Å². The minimum Gasteiger partial charge on any atom is -0.322 e. The van der Waals surface area contributed by atoms with Crippen molar-refractivity contribution in [3.05, 3.63) is 104 Å². The Morgan fingerprint density at radius 2 is 1.38 bits per heavy atom. The molecular weight excluding hydrogens is 480 g/mol. The summed E-state index contributed by atoms with van der Waals surface area (Å²) in [5.41, 5.74) is 5.48. The fourth-order valence-electron chi connectivity index (χ4n) is 3.05. The van der Waals surface area contributed by atoms with E-state index in [1.807, 2.05) is 24.3 Å². The summed E-state index contributed by atoms with van der Waals surface area (Å²) >= 11 is 7.50. The summed E-state index contributed by atoms with van der Waals surface area (Å²) in [4.78, 5) is 47.6. The van der Waals surface area contributed by atoms with Crippen LogP contribution >= 0.6 is 22.9 Å². The van der Waals surface area contributed by atoms with Crippen molar-refractivity contribution in [2.24, 2.45) is 0 Å². The number of nitro benzene ring substituents is 1. The second-order valence-electron chi connectivity index (χ2n) is 6.99. The van der Waals surface area contributed by atoms with Crippen LogP contribution in [0, 0.1) is 10.1 Å². The molecule has 0 saturated carbocycles. The summed E-state index contributed by atoms with van der Waals surface area (Å²) in [5.74, 6) is -1.55. The van der Waals surface area contributed by atoms with Gasteiger partial charge in [-0.3, -0.25) is 35.3 Å². The van der Waals surface area contributed by atoms with Crippen LogP contribution in [0.2, 0.25) is 5.02 Å². The van der Waals surface area contributed by atoms with Gasteiger partial charge in [-0.05, 0) is 42.5 Å². The molecule has 9 nitrogen and oxygen atoms in total. The summed E-state index contributed by atoms with van der Waals surface area (Å²) in [5, 5.41) is 14.4. The lowest BCUT2D eigenvalue weighted by molar-refractivity contribution is -0.384. The number of rotatable bonds is 5. The van der Waals surface area contributed by atoms with Crippen molar-refractivity contribution >= 4 is 62.1 Å². The molecule has 0 saturated heterocycles. The number of carbonyl (C=O) groups is 3. The highest BCUT2D eigenvalue weighted by molar-refractivity contribution is 7.21. The van der Waals surface area contributed by atoms with Gasteiger partial charge in [0, 0.05) is 39.0 Å². The van der Waals surface area contributed by atoms with Gasteiger partial charge in [-0.1, -0.05) is 29.8 Å². The first kappa shape index (κ1) is 22.9. The Hall–Kier alpha value is -4.28. The van der Waals surface area contributed by atoms with Gasteiger partial charge in [-0.2, -0.15) is 0 Å². The molecular formula is C23H15ClN4O5S. The van der Waals surface area contributed by atoms with Crippen LogP contribution in [0.25, 0.3) is 10.1 Å². The Balaban J connectivity index is 1.35. The molecule has 0 bridgehead atoms. The number of non-ortho nitro benzene ring substituents is 1. The number of nitrogens with one attached hydrogen (secondary N) is 3. The van der Waals surface area contributed by atoms with Crippen molar-refractivity contribution in [2.45, 2.75) is 0 Å². The van der Waals surface area contributed by atoms with E-state index in [9.17, 15) is 24.5 Å². The normalized spacial score (nSPS) is 10.5. The summed E-state index contributed by atoms with van der Waals surface area (Å²) in [6.45, 7) is 0. The van der Waals surface area contributed by atoms with E-state index in [2.05, 4.69) is 16.2 Å². The number of hydrogen-bond acceptors (Lipinski definition) is 6. The first-order valence-corrected chi connectivity index (χ1v) is 11.0. The molecule has 3 amide bonds. The number of nitrogens with zero attached hydrogens (tertiary/aromatic N) is 1. The van der Waals surface area contributed by atoms with Gasteiger partial charge in [0.25, 0.3) is 23.4 Å². The molecule has 0 fully saturated rings. The molecule has 11 heteroatoms. The zero-order valence-corrected chi connectivity index (χ0v) is 18.8. The van der Waals surface area contributed by atoms with E-state index >= 15 is 0 Å². The maximum atomic E-state index is 12.5. The minimum absolute atomic E-state index is 0.117. The van der Waals surface area contributed by atoms with Crippen LogP contribution in [0.4, 0.5) is 11.4 Å². The second kappa shape index (κ2) is 9.69. The summed E-state index contributed by atoms with van der Waals surface area (Å²) < 4.78 is 0.857. The molecule has 0 radical (unpaired) electrons. The third kappa shape index (κ3) is 4.87. The monoisotopic (exact) mass is 494 g/mol. The van der Waals surface area contributed by atoms with Gasteiger partial charge in [0.2, 0.25) is 0 Å². The number of hydrazine groups is 1. The highest BCUT2D eigenvalue weighted by Gasteiger charge is 2.18. The number of halogens is 1. The zero-order chi connectivity index (χ0) is 24.2. The Morgan fingerprint density at radius 1 is 0.794 bits per heavy atom. The number of nitro groups is 1. The lowest BCUT2D eigenvalue weighted by Crippen LogP contribution is -2.41. The fraction of sp³-hybridized carbons (Fsp3) is 0. The van der Waals surface area contributed by atoms with Crippen LogP contribution in [0.15, 0.2) is 72.8 Å². The highest BCUT2D eigenvalue weighted by atomic mass is 35.5. The molecule has 34 heavy (non-hydrogen) atoms. The van der Waals surface area contributed by atoms with Crippen LogP contribution in [0.3, 0.4) is 0 Å². The molecule has 3 N–H and O–H groups in total. The molecule has 170 valence electrons. The zero-order valence-electron chi connectivity index (χ0n) is 17.2. The second-order valence-corrected chi connectivity index (χ2v) is 8.42. The van der Waals surface area contributed by atoms with E-state index in [-0.39, 0.29) is 21.7 Å². The van der Waals surface area contributed by atoms with Crippen molar-refractivity contribution in [3.8, 4) is 0 Å². The molecule has 0 aliphatic heterocycles. The third-order valence-corrected chi connectivity index (χ3v) is 6.45. The lowest BCUT2D eigenvalue weighted by atomic mass is 10.1. The first-order valence-electron chi connectivity index (χ1n) is 9.77. The molecule has 0 unspecified atom stereocenters. The van der Waals surface area contributed by atoms with Gasteiger partial charge < -0.3 is 5.32 Å². The first-order chi connectivity index (χ1) is 16.3. The molecule has 1 aromatic heterocycles. The van der Waals surface area contributed by atoms with Crippen LogP contribution in [-0.2, 0) is 0 Å². The largest absolute Gasteiger partial charge is 0.322 e. The van der Waals surface area contributed by atoms with Crippen molar-refractivity contribution < 1.29 is 19.3 Å². The number of thiophene rings is 1. The maximum Gasteiger partial charge on any atom is 0.281 e. The van der Waals surface area contributed by atoms with Crippen molar-refractivity contribution in [3.63, 3.8) is 0 Å². The van der Waals surface area contributed by atoms with Gasteiger partial charge in [0.15, 0.2) is 0 Å². The minimum atomic E-state index is -0.557. The van der Waals surface area contributed by atoms with E-state index in [0.717, 1.165) is 10.1 Å². The Bertz CT molecular complexity index is 1420. The van der Waals surface area contributed by atoms with Gasteiger partial charge in [0.1, 0.15) is 4.88 Å². The van der Waals surface area contributed by atoms with Crippen molar-refractivity contribution in [2.75, 3.05) is 5.32 Å². The third-order valence-electron chi connectivity index (χ3n) is 4.78. The molecule has 0 aliphatic carbocycles. The SMILES string of the molecule is O=C(NNC(=O)c1sc2ccccc2c1Cl)c1ccc(NC(=O)c2ccc([N+](=O)[O-])cc2)cc1. The Kier molecular flexibility index (Phi) is 6.53. The predicted molar refractivity (Wildman–Crippen MR) is 129 cm³/mol. The predicted octanol–water partition coefficient (Wildman–Crippen LogP) is 4.79. The lowest BCUT2D eigenvalue weighted by Gasteiger charge is -2.08. The number of hydrogen-bond donors (Lipinski definition) is 3. The molecule has 0 aliphatic rings. The molecule has 4 aromatic rings. The standard InChI is InChI=1S/C23H15ClN4O5S/c24-19-17-3-1-2-4-18(17)34-20(19)23(31)27-26-22(30)14-5-9-15(10-6-14)25-21(29)13-7-11-16(12-8-13)28(32)33/h1-12H,(H,25,29)(H,26,30)(H,27,31). The Labute approximate surface area is 201 Å². The average molecular weight is 495 g/mol. The smallest absolute Gasteiger partial charge is 0.281 e. The van der Waals surface area contributed by atoms with Gasteiger partial charge >= 0.3 is 0 Å². The molecule has 3 aromatic carbocycles. The van der Waals surface area contributed by atoms with Crippen LogP contribution in [0.5, 0.6) is 0 Å². The summed E-state index contributed by atoms with van der Waals surface area (Å²) in [6, 6.07) is 18.5. The topological polar surface area (TPSA) is 130 Å².